The Morgan fingerprint density at radius 1 is 1.00 bits per heavy atom. The number of benzene rings is 2. The quantitative estimate of drug-likeness (QED) is 0.284. The van der Waals surface area contributed by atoms with Crippen molar-refractivity contribution >= 4 is 23.8 Å². The third-order valence-electron chi connectivity index (χ3n) is 3.80. The van der Waals surface area contributed by atoms with Crippen LogP contribution in [0.1, 0.15) is 21.7 Å². The first kappa shape index (κ1) is 19.6. The van der Waals surface area contributed by atoms with Crippen LogP contribution in [0.5, 0.6) is 0 Å². The maximum atomic E-state index is 12.5. The van der Waals surface area contributed by atoms with Crippen molar-refractivity contribution < 1.29 is 23.7 Å². The first-order valence-electron chi connectivity index (χ1n) is 8.56. The summed E-state index contributed by atoms with van der Waals surface area (Å²) < 4.78 is 10.3. The summed E-state index contributed by atoms with van der Waals surface area (Å²) in [6.45, 7) is -0.00345. The first-order valence-corrected chi connectivity index (χ1v) is 8.56. The van der Waals surface area contributed by atoms with Crippen LogP contribution in [0, 0.1) is 10.1 Å². The minimum absolute atomic E-state index is 0.00345. The third-order valence-corrected chi connectivity index (χ3v) is 3.80. The molecule has 0 saturated heterocycles. The van der Waals surface area contributed by atoms with Gasteiger partial charge < -0.3 is 14.5 Å². The monoisotopic (exact) mass is 392 g/mol. The molecule has 0 aliphatic heterocycles. The van der Waals surface area contributed by atoms with Gasteiger partial charge >= 0.3 is 11.9 Å². The Kier molecular flexibility index (Phi) is 6.16. The maximum Gasteiger partial charge on any atom is 0.433 e. The predicted molar refractivity (Wildman–Crippen MR) is 103 cm³/mol. The topological polar surface area (TPSA) is 112 Å². The summed E-state index contributed by atoms with van der Waals surface area (Å²) in [5, 5.41) is 13.3. The van der Waals surface area contributed by atoms with Crippen LogP contribution in [0.3, 0.4) is 0 Å². The van der Waals surface area contributed by atoms with Gasteiger partial charge in [0.15, 0.2) is 0 Å². The van der Waals surface area contributed by atoms with E-state index < -0.39 is 22.7 Å². The van der Waals surface area contributed by atoms with Gasteiger partial charge in [-0.2, -0.15) is 0 Å². The van der Waals surface area contributed by atoms with E-state index in [0.29, 0.717) is 5.56 Å². The van der Waals surface area contributed by atoms with Gasteiger partial charge in [0.05, 0.1) is 6.07 Å². The van der Waals surface area contributed by atoms with Crippen LogP contribution in [-0.2, 0) is 16.1 Å². The highest BCUT2D eigenvalue weighted by Crippen LogP contribution is 2.18. The molecule has 146 valence electrons. The van der Waals surface area contributed by atoms with E-state index in [0.717, 1.165) is 11.6 Å². The van der Waals surface area contributed by atoms with Gasteiger partial charge in [0.2, 0.25) is 0 Å². The Balaban J connectivity index is 1.81. The second kappa shape index (κ2) is 9.14. The molecule has 0 bridgehead atoms. The highest BCUT2D eigenvalue weighted by Gasteiger charge is 2.18. The Morgan fingerprint density at radius 3 is 2.28 bits per heavy atom. The number of rotatable bonds is 7. The number of ether oxygens (including phenoxy) is 1. The van der Waals surface area contributed by atoms with Gasteiger partial charge in [0.1, 0.15) is 23.0 Å². The lowest BCUT2D eigenvalue weighted by molar-refractivity contribution is -0.402. The zero-order valence-corrected chi connectivity index (χ0v) is 15.1. The van der Waals surface area contributed by atoms with E-state index in [1.807, 2.05) is 6.07 Å². The van der Waals surface area contributed by atoms with Crippen LogP contribution in [-0.4, -0.2) is 16.8 Å². The highest BCUT2D eigenvalue weighted by atomic mass is 16.6. The molecule has 0 spiro atoms. The summed E-state index contributed by atoms with van der Waals surface area (Å²) in [7, 11) is 0. The van der Waals surface area contributed by atoms with Gasteiger partial charge in [0, 0.05) is 11.6 Å². The molecule has 1 heterocycles. The molecule has 0 radical (unpaired) electrons. The summed E-state index contributed by atoms with van der Waals surface area (Å²) in [6, 6.07) is 19.8. The van der Waals surface area contributed by atoms with Crippen LogP contribution in [0.4, 0.5) is 5.88 Å². The molecule has 1 aromatic heterocycles. The van der Waals surface area contributed by atoms with Crippen molar-refractivity contribution in [1.82, 2.24) is 5.32 Å². The van der Waals surface area contributed by atoms with Gasteiger partial charge in [-0.3, -0.25) is 14.9 Å². The number of amides is 1. The van der Waals surface area contributed by atoms with Gasteiger partial charge in [-0.15, -0.1) is 0 Å². The summed E-state index contributed by atoms with van der Waals surface area (Å²) in [4.78, 5) is 35.1. The van der Waals surface area contributed by atoms with Crippen molar-refractivity contribution in [3.05, 3.63) is 105 Å². The van der Waals surface area contributed by atoms with Crippen molar-refractivity contribution in [2.45, 2.75) is 6.61 Å². The van der Waals surface area contributed by atoms with Gasteiger partial charge in [0.25, 0.3) is 5.91 Å². The second-order valence-corrected chi connectivity index (χ2v) is 5.87. The number of carbonyl (C=O) groups is 2. The van der Waals surface area contributed by atoms with Crippen LogP contribution in [0.15, 0.2) is 82.9 Å². The smallest absolute Gasteiger partial charge is 0.433 e. The molecular weight excluding hydrogens is 376 g/mol. The minimum Gasteiger partial charge on any atom is -0.456 e. The molecule has 2 aromatic carbocycles. The number of hydrogen-bond donors (Lipinski definition) is 1. The number of nitro groups is 1. The largest absolute Gasteiger partial charge is 0.456 e. The van der Waals surface area contributed by atoms with Crippen molar-refractivity contribution in [2.24, 2.45) is 0 Å². The number of carbonyl (C=O) groups excluding carboxylic acids is 2. The Hall–Kier alpha value is -4.20. The van der Waals surface area contributed by atoms with E-state index in [4.69, 9.17) is 9.15 Å². The Morgan fingerprint density at radius 2 is 1.66 bits per heavy atom. The van der Waals surface area contributed by atoms with E-state index >= 15 is 0 Å². The molecule has 0 fully saturated rings. The van der Waals surface area contributed by atoms with Crippen LogP contribution in [0.25, 0.3) is 6.08 Å². The zero-order valence-electron chi connectivity index (χ0n) is 15.1. The van der Waals surface area contributed by atoms with E-state index in [9.17, 15) is 19.7 Å². The zero-order chi connectivity index (χ0) is 20.6. The highest BCUT2D eigenvalue weighted by molar-refractivity contribution is 6.03. The van der Waals surface area contributed by atoms with Gasteiger partial charge in [-0.1, -0.05) is 48.5 Å². The first-order chi connectivity index (χ1) is 14.0. The molecule has 0 saturated carbocycles. The normalized spacial score (nSPS) is 11.0. The molecule has 0 unspecified atom stereocenters. The number of nitrogens with one attached hydrogen (secondary N) is 1. The maximum absolute atomic E-state index is 12.5. The molecule has 3 rings (SSSR count). The van der Waals surface area contributed by atoms with Gasteiger partial charge in [-0.05, 0) is 23.8 Å². The van der Waals surface area contributed by atoms with E-state index in [1.165, 1.54) is 12.1 Å². The van der Waals surface area contributed by atoms with Crippen LogP contribution < -0.4 is 5.32 Å². The average molecular weight is 392 g/mol. The Bertz CT molecular complexity index is 1040. The molecule has 3 aromatic rings. The summed E-state index contributed by atoms with van der Waals surface area (Å²) in [5.74, 6) is -1.80. The van der Waals surface area contributed by atoms with Gasteiger partial charge in [-0.25, -0.2) is 4.79 Å². The molecule has 1 N–H and O–H groups in total. The third kappa shape index (κ3) is 5.39. The summed E-state index contributed by atoms with van der Waals surface area (Å²) >= 11 is 0. The lowest BCUT2D eigenvalue weighted by Crippen LogP contribution is -2.28. The number of furan rings is 1. The molecule has 0 atom stereocenters. The summed E-state index contributed by atoms with van der Waals surface area (Å²) in [5.41, 5.74) is 0.891. The van der Waals surface area contributed by atoms with Crippen LogP contribution in [0.2, 0.25) is 0 Å². The second-order valence-electron chi connectivity index (χ2n) is 5.87. The molecular formula is C21H16N2O6. The van der Waals surface area contributed by atoms with Crippen molar-refractivity contribution in [3.8, 4) is 0 Å². The fourth-order valence-corrected chi connectivity index (χ4v) is 2.39. The average Bonchev–Trinajstić information content (AvgIpc) is 3.22. The molecule has 0 aliphatic carbocycles. The van der Waals surface area contributed by atoms with Crippen LogP contribution >= 0.6 is 0 Å². The molecule has 1 amide bonds. The standard InChI is InChI=1S/C21H16N2O6/c24-20(16-9-5-2-6-10-16)22-18(13-17-11-12-19(29-17)23(26)27)21(25)28-14-15-7-3-1-4-8-15/h1-13H,14H2,(H,22,24). The number of hydrogen-bond acceptors (Lipinski definition) is 6. The van der Waals surface area contributed by atoms with Crippen molar-refractivity contribution in [3.63, 3.8) is 0 Å². The summed E-state index contributed by atoms with van der Waals surface area (Å²) in [6.07, 6.45) is 1.18. The minimum atomic E-state index is -0.808. The fourth-order valence-electron chi connectivity index (χ4n) is 2.39. The molecule has 0 aliphatic rings. The van der Waals surface area contributed by atoms with Crippen molar-refractivity contribution in [1.29, 1.82) is 0 Å². The molecule has 29 heavy (non-hydrogen) atoms. The van der Waals surface area contributed by atoms with E-state index in [1.54, 1.807) is 54.6 Å². The SMILES string of the molecule is O=C(OCc1ccccc1)C(=Cc1ccc([N+](=O)[O-])o1)NC(=O)c1ccccc1. The number of esters is 1. The molecule has 8 heteroatoms. The fraction of sp³-hybridized carbons (Fsp3) is 0.0476. The van der Waals surface area contributed by atoms with E-state index in [-0.39, 0.29) is 18.1 Å². The lowest BCUT2D eigenvalue weighted by atomic mass is 10.2. The number of nitrogens with zero attached hydrogens (tertiary/aromatic N) is 1. The lowest BCUT2D eigenvalue weighted by Gasteiger charge is -2.10. The van der Waals surface area contributed by atoms with E-state index in [2.05, 4.69) is 5.32 Å². The predicted octanol–water partition coefficient (Wildman–Crippen LogP) is 3.70. The Labute approximate surface area is 165 Å². The van der Waals surface area contributed by atoms with Crippen molar-refractivity contribution in [2.75, 3.05) is 0 Å². The molecule has 8 nitrogen and oxygen atoms in total.